The summed E-state index contributed by atoms with van der Waals surface area (Å²) in [7, 11) is 2.77. The lowest BCUT2D eigenvalue weighted by Gasteiger charge is -2.24. The summed E-state index contributed by atoms with van der Waals surface area (Å²) < 4.78 is 16.3. The van der Waals surface area contributed by atoms with Crippen molar-refractivity contribution in [3.8, 4) is 0 Å². The Kier molecular flexibility index (Phi) is 21.7. The molecule has 0 spiro atoms. The molecule has 0 N–H and O–H groups in total. The molecule has 0 fully saturated rings. The summed E-state index contributed by atoms with van der Waals surface area (Å²) in [6.45, 7) is 2.28. The van der Waals surface area contributed by atoms with E-state index in [-0.39, 0.29) is 11.0 Å². The minimum atomic E-state index is -2.32. The molecule has 0 aliphatic rings. The molecule has 0 rings (SSSR count). The maximum atomic E-state index is 5.44. The van der Waals surface area contributed by atoms with Crippen LogP contribution < -0.4 is 0 Å². The molecule has 0 aromatic heterocycles. The first kappa shape index (κ1) is 26.5. The molecule has 24 heavy (non-hydrogen) atoms. The van der Waals surface area contributed by atoms with Gasteiger partial charge in [-0.05, 0) is 6.42 Å². The monoisotopic (exact) mass is 374 g/mol. The molecule has 5 heteroatoms. The largest absolute Gasteiger partial charge is 0.500 e. The Hall–Kier alpha value is 0.314. The zero-order chi connectivity index (χ0) is 17.2. The van der Waals surface area contributed by atoms with E-state index < -0.39 is 8.80 Å². The van der Waals surface area contributed by atoms with Gasteiger partial charge in [-0.15, -0.1) is 0 Å². The van der Waals surface area contributed by atoms with Crippen molar-refractivity contribution in [3.05, 3.63) is 0 Å². The van der Waals surface area contributed by atoms with Gasteiger partial charge in [0.2, 0.25) is 0 Å². The van der Waals surface area contributed by atoms with Crippen LogP contribution in [0.5, 0.6) is 0 Å². The molecule has 0 aromatic carbocycles. The lowest BCUT2D eigenvalue weighted by atomic mass is 10.0. The number of hydrogen-bond donors (Lipinski definition) is 0. The average Bonchev–Trinajstić information content (AvgIpc) is 2.59. The minimum absolute atomic E-state index is 0. The van der Waals surface area contributed by atoms with Crippen LogP contribution in [0.1, 0.15) is 96.8 Å². The van der Waals surface area contributed by atoms with E-state index in [4.69, 9.17) is 13.3 Å². The predicted molar refractivity (Wildman–Crippen MR) is 108 cm³/mol. The predicted octanol–water partition coefficient (Wildman–Crippen LogP) is 5.97. The second-order valence-electron chi connectivity index (χ2n) is 6.64. The molecule has 0 heterocycles. The van der Waals surface area contributed by atoms with Gasteiger partial charge in [-0.1, -0.05) is 90.4 Å². The van der Waals surface area contributed by atoms with E-state index in [9.17, 15) is 0 Å². The molecule has 0 aliphatic carbocycles. The van der Waals surface area contributed by atoms with Crippen LogP contribution in [0.25, 0.3) is 0 Å². The van der Waals surface area contributed by atoms with E-state index >= 15 is 0 Å². The van der Waals surface area contributed by atoms with Gasteiger partial charge in [-0.25, -0.2) is 0 Å². The Labute approximate surface area is 157 Å². The normalized spacial score (nSPS) is 11.5. The SMILES string of the molecule is CCCCCCCCCCCCCCCC[Si](OC)(OC)OC.[Si]. The highest BCUT2D eigenvalue weighted by molar-refractivity contribution is 6.60. The van der Waals surface area contributed by atoms with Crippen LogP contribution >= 0.6 is 0 Å². The smallest absolute Gasteiger partial charge is 0.377 e. The zero-order valence-electron chi connectivity index (χ0n) is 16.8. The van der Waals surface area contributed by atoms with Crippen LogP contribution in [0, 0.1) is 0 Å². The Bertz CT molecular complexity index is 228. The van der Waals surface area contributed by atoms with Crippen molar-refractivity contribution in [2.45, 2.75) is 103 Å². The van der Waals surface area contributed by atoms with E-state index in [1.165, 1.54) is 83.5 Å². The maximum Gasteiger partial charge on any atom is 0.500 e. The Morgan fingerprint density at radius 2 is 0.792 bits per heavy atom. The summed E-state index contributed by atoms with van der Waals surface area (Å²) >= 11 is 0. The molecule has 0 aliphatic heterocycles. The fourth-order valence-corrected chi connectivity index (χ4v) is 4.89. The fourth-order valence-electron chi connectivity index (χ4n) is 3.09. The maximum absolute atomic E-state index is 5.44. The van der Waals surface area contributed by atoms with Gasteiger partial charge < -0.3 is 13.3 Å². The van der Waals surface area contributed by atoms with Crippen LogP contribution in [0.15, 0.2) is 0 Å². The van der Waals surface area contributed by atoms with Crippen molar-refractivity contribution < 1.29 is 13.3 Å². The third-order valence-electron chi connectivity index (χ3n) is 4.77. The highest BCUT2D eigenvalue weighted by Gasteiger charge is 2.36. The van der Waals surface area contributed by atoms with E-state index in [2.05, 4.69) is 6.92 Å². The first-order chi connectivity index (χ1) is 11.2. The fraction of sp³-hybridized carbons (Fsp3) is 1.00. The summed E-state index contributed by atoms with van der Waals surface area (Å²) in [5.74, 6) is 0. The van der Waals surface area contributed by atoms with E-state index in [0.717, 1.165) is 12.5 Å². The molecule has 0 aromatic rings. The van der Waals surface area contributed by atoms with Crippen LogP contribution in [-0.2, 0) is 13.3 Å². The van der Waals surface area contributed by atoms with Gasteiger partial charge in [0.25, 0.3) is 0 Å². The van der Waals surface area contributed by atoms with Crippen molar-refractivity contribution >= 4 is 19.8 Å². The molecule has 0 atom stereocenters. The average molecular weight is 375 g/mol. The van der Waals surface area contributed by atoms with Crippen molar-refractivity contribution in [1.29, 1.82) is 0 Å². The number of rotatable bonds is 18. The van der Waals surface area contributed by atoms with Gasteiger partial charge in [-0.2, -0.15) is 0 Å². The van der Waals surface area contributed by atoms with Gasteiger partial charge in [0.15, 0.2) is 0 Å². The first-order valence-corrected chi connectivity index (χ1v) is 11.8. The van der Waals surface area contributed by atoms with Crippen molar-refractivity contribution in [1.82, 2.24) is 0 Å². The van der Waals surface area contributed by atoms with Gasteiger partial charge in [-0.3, -0.25) is 0 Å². The van der Waals surface area contributed by atoms with Crippen LogP contribution in [0.2, 0.25) is 6.04 Å². The molecule has 144 valence electrons. The minimum Gasteiger partial charge on any atom is -0.377 e. The molecule has 0 saturated carbocycles. The summed E-state index contributed by atoms with van der Waals surface area (Å²) in [6, 6.07) is 0.939. The van der Waals surface area contributed by atoms with Gasteiger partial charge in [0, 0.05) is 38.3 Å². The molecule has 0 amide bonds. The van der Waals surface area contributed by atoms with E-state index in [1.54, 1.807) is 21.3 Å². The van der Waals surface area contributed by atoms with Gasteiger partial charge in [0.05, 0.1) is 0 Å². The Morgan fingerprint density at radius 1 is 0.500 bits per heavy atom. The molecule has 0 saturated heterocycles. The summed E-state index contributed by atoms with van der Waals surface area (Å²) in [6.07, 6.45) is 19.4. The third-order valence-corrected chi connectivity index (χ3v) is 7.60. The zero-order valence-corrected chi connectivity index (χ0v) is 18.8. The molecule has 0 unspecified atom stereocenters. The summed E-state index contributed by atoms with van der Waals surface area (Å²) in [5.41, 5.74) is 0. The van der Waals surface area contributed by atoms with Crippen molar-refractivity contribution in [3.63, 3.8) is 0 Å². The first-order valence-electron chi connectivity index (χ1n) is 9.90. The van der Waals surface area contributed by atoms with E-state index in [0.29, 0.717) is 0 Å². The van der Waals surface area contributed by atoms with Crippen LogP contribution in [0.4, 0.5) is 0 Å². The number of unbranched alkanes of at least 4 members (excludes halogenated alkanes) is 13. The lowest BCUT2D eigenvalue weighted by Crippen LogP contribution is -2.42. The molecule has 0 bridgehead atoms. The molecular weight excluding hydrogens is 332 g/mol. The molecular formula is C19H42O3Si2. The summed E-state index contributed by atoms with van der Waals surface area (Å²) in [4.78, 5) is 0. The van der Waals surface area contributed by atoms with Gasteiger partial charge >= 0.3 is 8.80 Å². The standard InChI is InChI=1S/C19H42O3Si.Si/c1-5-6-7-8-9-10-11-12-13-14-15-16-17-18-19-23(20-2,21-3)22-4;/h5-19H2,1-4H3;. The highest BCUT2D eigenvalue weighted by Crippen LogP contribution is 2.18. The second kappa shape index (κ2) is 19.6. The van der Waals surface area contributed by atoms with Gasteiger partial charge in [0.1, 0.15) is 0 Å². The van der Waals surface area contributed by atoms with Crippen molar-refractivity contribution in [2.24, 2.45) is 0 Å². The van der Waals surface area contributed by atoms with Crippen LogP contribution in [-0.4, -0.2) is 41.1 Å². The molecule has 4 radical (unpaired) electrons. The highest BCUT2D eigenvalue weighted by atomic mass is 28.4. The molecule has 3 nitrogen and oxygen atoms in total. The van der Waals surface area contributed by atoms with Crippen molar-refractivity contribution in [2.75, 3.05) is 21.3 Å². The Balaban J connectivity index is 0. The topological polar surface area (TPSA) is 27.7 Å². The summed E-state index contributed by atoms with van der Waals surface area (Å²) in [5, 5.41) is 0. The quantitative estimate of drug-likeness (QED) is 0.219. The van der Waals surface area contributed by atoms with E-state index in [1.807, 2.05) is 0 Å². The van der Waals surface area contributed by atoms with Crippen LogP contribution in [0.3, 0.4) is 0 Å². The lowest BCUT2D eigenvalue weighted by molar-refractivity contribution is 0.122. The number of hydrogen-bond acceptors (Lipinski definition) is 3. The Morgan fingerprint density at radius 3 is 1.08 bits per heavy atom. The second-order valence-corrected chi connectivity index (χ2v) is 9.73. The third kappa shape index (κ3) is 14.6.